The second kappa shape index (κ2) is 12.0. The number of pyridine rings is 1. The van der Waals surface area contributed by atoms with Crippen LogP contribution in [0, 0.1) is 0 Å². The molecule has 0 saturated heterocycles. The zero-order valence-electron chi connectivity index (χ0n) is 19.5. The predicted octanol–water partition coefficient (Wildman–Crippen LogP) is 5.45. The number of rotatable bonds is 10. The van der Waals surface area contributed by atoms with Gasteiger partial charge in [0, 0.05) is 42.3 Å². The van der Waals surface area contributed by atoms with Crippen LogP contribution in [-0.4, -0.2) is 41.4 Å². The molecule has 8 heteroatoms. The van der Waals surface area contributed by atoms with Crippen molar-refractivity contribution in [3.63, 3.8) is 0 Å². The zero-order chi connectivity index (χ0) is 24.5. The molecule has 0 spiro atoms. The van der Waals surface area contributed by atoms with Crippen LogP contribution in [0.4, 0.5) is 5.69 Å². The molecule has 3 aromatic rings. The number of nitrogens with zero attached hydrogens (tertiary/aromatic N) is 2. The maximum absolute atomic E-state index is 12.9. The van der Waals surface area contributed by atoms with Gasteiger partial charge in [0.25, 0.3) is 11.8 Å². The van der Waals surface area contributed by atoms with Gasteiger partial charge in [0.1, 0.15) is 6.61 Å². The summed E-state index contributed by atoms with van der Waals surface area (Å²) in [6.45, 7) is 7.62. The minimum Gasteiger partial charge on any atom is -0.490 e. The lowest BCUT2D eigenvalue weighted by Crippen LogP contribution is -2.30. The number of hydrogen-bond donors (Lipinski definition) is 1. The van der Waals surface area contributed by atoms with E-state index in [4.69, 9.17) is 21.1 Å². The van der Waals surface area contributed by atoms with Crippen LogP contribution < -0.4 is 14.8 Å². The van der Waals surface area contributed by atoms with Crippen LogP contribution in [0.5, 0.6) is 11.5 Å². The first kappa shape index (κ1) is 25.1. The summed E-state index contributed by atoms with van der Waals surface area (Å²) in [5.74, 6) is 0.525. The maximum Gasteiger partial charge on any atom is 0.255 e. The van der Waals surface area contributed by atoms with Crippen LogP contribution in [0.25, 0.3) is 0 Å². The van der Waals surface area contributed by atoms with Crippen molar-refractivity contribution in [1.29, 1.82) is 0 Å². The van der Waals surface area contributed by atoms with Gasteiger partial charge in [-0.25, -0.2) is 0 Å². The molecule has 1 heterocycles. The molecular weight excluding hydrogens is 454 g/mol. The molecular formula is C26H28ClN3O4. The molecule has 7 nitrogen and oxygen atoms in total. The summed E-state index contributed by atoms with van der Waals surface area (Å²) in [4.78, 5) is 31.2. The number of anilines is 1. The van der Waals surface area contributed by atoms with Gasteiger partial charge in [0.05, 0.1) is 17.2 Å². The van der Waals surface area contributed by atoms with Gasteiger partial charge in [-0.05, 0) is 63.2 Å². The Labute approximate surface area is 204 Å². The van der Waals surface area contributed by atoms with Crippen molar-refractivity contribution in [1.82, 2.24) is 9.88 Å². The van der Waals surface area contributed by atoms with Gasteiger partial charge >= 0.3 is 0 Å². The lowest BCUT2D eigenvalue weighted by atomic mass is 10.1. The fourth-order valence-electron chi connectivity index (χ4n) is 3.33. The number of benzene rings is 2. The quantitative estimate of drug-likeness (QED) is 0.416. The number of halogens is 1. The normalized spacial score (nSPS) is 10.5. The van der Waals surface area contributed by atoms with Crippen LogP contribution in [0.15, 0.2) is 60.9 Å². The number of carbonyl (C=O) groups excluding carboxylic acids is 2. The summed E-state index contributed by atoms with van der Waals surface area (Å²) in [6, 6.07) is 13.6. The van der Waals surface area contributed by atoms with E-state index in [0.717, 1.165) is 5.56 Å². The van der Waals surface area contributed by atoms with Crippen molar-refractivity contribution < 1.29 is 19.1 Å². The fraction of sp³-hybridized carbons (Fsp3) is 0.269. The van der Waals surface area contributed by atoms with Gasteiger partial charge in [-0.3, -0.25) is 14.6 Å². The van der Waals surface area contributed by atoms with Crippen molar-refractivity contribution in [3.8, 4) is 11.5 Å². The fourth-order valence-corrected chi connectivity index (χ4v) is 3.59. The van der Waals surface area contributed by atoms with Gasteiger partial charge in [0.2, 0.25) is 0 Å². The number of nitrogens with one attached hydrogen (secondary N) is 1. The van der Waals surface area contributed by atoms with Crippen LogP contribution in [0.3, 0.4) is 0 Å². The molecule has 3 rings (SSSR count). The lowest BCUT2D eigenvalue weighted by molar-refractivity contribution is 0.0773. The molecule has 0 fully saturated rings. The summed E-state index contributed by atoms with van der Waals surface area (Å²) < 4.78 is 11.6. The Morgan fingerprint density at radius 1 is 1.00 bits per heavy atom. The minimum absolute atomic E-state index is 0.142. The first-order chi connectivity index (χ1) is 16.5. The molecule has 2 aromatic carbocycles. The van der Waals surface area contributed by atoms with Crippen molar-refractivity contribution in [2.45, 2.75) is 27.4 Å². The van der Waals surface area contributed by atoms with E-state index < -0.39 is 0 Å². The lowest BCUT2D eigenvalue weighted by Gasteiger charge is -2.19. The van der Waals surface area contributed by atoms with Crippen molar-refractivity contribution in [2.24, 2.45) is 0 Å². The maximum atomic E-state index is 12.9. The van der Waals surface area contributed by atoms with E-state index in [-0.39, 0.29) is 16.8 Å². The van der Waals surface area contributed by atoms with E-state index in [1.807, 2.05) is 32.9 Å². The third kappa shape index (κ3) is 6.26. The van der Waals surface area contributed by atoms with Crippen LogP contribution in [0.2, 0.25) is 5.02 Å². The molecule has 0 radical (unpaired) electrons. The largest absolute Gasteiger partial charge is 0.490 e. The summed E-state index contributed by atoms with van der Waals surface area (Å²) in [5, 5.41) is 3.10. The van der Waals surface area contributed by atoms with E-state index in [1.54, 1.807) is 53.7 Å². The number of hydrogen-bond acceptors (Lipinski definition) is 5. The minimum atomic E-state index is -0.335. The number of carbonyl (C=O) groups is 2. The summed E-state index contributed by atoms with van der Waals surface area (Å²) in [5.41, 5.74) is 2.21. The average molecular weight is 482 g/mol. The van der Waals surface area contributed by atoms with E-state index in [9.17, 15) is 9.59 Å². The Kier molecular flexibility index (Phi) is 8.87. The Bertz CT molecular complexity index is 1130. The van der Waals surface area contributed by atoms with Gasteiger partial charge in [-0.1, -0.05) is 17.7 Å². The summed E-state index contributed by atoms with van der Waals surface area (Å²) in [7, 11) is 0. The van der Waals surface area contributed by atoms with E-state index in [1.165, 1.54) is 0 Å². The van der Waals surface area contributed by atoms with Crippen LogP contribution in [0.1, 0.15) is 47.1 Å². The van der Waals surface area contributed by atoms with E-state index >= 15 is 0 Å². The molecule has 0 atom stereocenters. The first-order valence-electron chi connectivity index (χ1n) is 11.2. The van der Waals surface area contributed by atoms with Crippen molar-refractivity contribution in [3.05, 3.63) is 82.6 Å². The number of ether oxygens (including phenoxy) is 2. The second-order valence-electron chi connectivity index (χ2n) is 7.37. The molecule has 1 aromatic heterocycles. The molecule has 0 aliphatic carbocycles. The van der Waals surface area contributed by atoms with Gasteiger partial charge < -0.3 is 19.7 Å². The Hall–Kier alpha value is -3.58. The smallest absolute Gasteiger partial charge is 0.255 e. The topological polar surface area (TPSA) is 80.8 Å². The highest BCUT2D eigenvalue weighted by Gasteiger charge is 2.17. The molecule has 0 aliphatic heterocycles. The molecule has 1 N–H and O–H groups in total. The van der Waals surface area contributed by atoms with E-state index in [2.05, 4.69) is 10.3 Å². The number of amides is 2. The van der Waals surface area contributed by atoms with E-state index in [0.29, 0.717) is 54.6 Å². The second-order valence-corrected chi connectivity index (χ2v) is 7.78. The zero-order valence-corrected chi connectivity index (χ0v) is 20.3. The molecule has 178 valence electrons. The summed E-state index contributed by atoms with van der Waals surface area (Å²) in [6.07, 6.45) is 3.43. The van der Waals surface area contributed by atoms with Gasteiger partial charge in [-0.2, -0.15) is 0 Å². The molecule has 0 unspecified atom stereocenters. The molecule has 34 heavy (non-hydrogen) atoms. The Balaban J connectivity index is 1.73. The third-order valence-corrected chi connectivity index (χ3v) is 5.44. The average Bonchev–Trinajstić information content (AvgIpc) is 2.84. The highest BCUT2D eigenvalue weighted by molar-refractivity contribution is 6.34. The standard InChI is InChI=1S/C26H28ClN3O4/c1-4-30(5-2)26(32)21-11-10-20(15-22(21)27)29-25(31)19-9-12-23(24(14-19)33-6-3)34-17-18-8-7-13-28-16-18/h7-16H,4-6,17H2,1-3H3,(H,29,31). The first-order valence-corrected chi connectivity index (χ1v) is 11.5. The highest BCUT2D eigenvalue weighted by atomic mass is 35.5. The van der Waals surface area contributed by atoms with Crippen molar-refractivity contribution in [2.75, 3.05) is 25.0 Å². The third-order valence-electron chi connectivity index (χ3n) is 5.13. The van der Waals surface area contributed by atoms with Gasteiger partial charge in [-0.15, -0.1) is 0 Å². The molecule has 0 bridgehead atoms. The van der Waals surface area contributed by atoms with Crippen LogP contribution >= 0.6 is 11.6 Å². The molecule has 0 aliphatic rings. The molecule has 0 saturated carbocycles. The van der Waals surface area contributed by atoms with Gasteiger partial charge in [0.15, 0.2) is 11.5 Å². The summed E-state index contributed by atoms with van der Waals surface area (Å²) >= 11 is 6.34. The highest BCUT2D eigenvalue weighted by Crippen LogP contribution is 2.30. The SMILES string of the molecule is CCOc1cc(C(=O)Nc2ccc(C(=O)N(CC)CC)c(Cl)c2)ccc1OCc1cccnc1. The Morgan fingerprint density at radius 3 is 2.44 bits per heavy atom. The monoisotopic (exact) mass is 481 g/mol. The van der Waals surface area contributed by atoms with Crippen LogP contribution in [-0.2, 0) is 6.61 Å². The number of aromatic nitrogens is 1. The Morgan fingerprint density at radius 2 is 1.79 bits per heavy atom. The van der Waals surface area contributed by atoms with Crippen molar-refractivity contribution >= 4 is 29.1 Å². The predicted molar refractivity (Wildman–Crippen MR) is 133 cm³/mol. The molecule has 2 amide bonds.